The SMILES string of the molecule is CC1(C)OC(=O)C(Cc2cc(F)cc(Br)c2F)C(=O)O1. The first-order chi connectivity index (χ1) is 9.19. The molecule has 1 saturated heterocycles. The van der Waals surface area contributed by atoms with Crippen LogP contribution in [0.3, 0.4) is 0 Å². The number of carbonyl (C=O) groups is 2. The summed E-state index contributed by atoms with van der Waals surface area (Å²) in [7, 11) is 0. The fourth-order valence-corrected chi connectivity index (χ4v) is 2.36. The second-order valence-electron chi connectivity index (χ2n) is 4.86. The fourth-order valence-electron chi connectivity index (χ4n) is 1.89. The first-order valence-electron chi connectivity index (χ1n) is 5.79. The van der Waals surface area contributed by atoms with Crippen molar-refractivity contribution >= 4 is 27.9 Å². The zero-order valence-corrected chi connectivity index (χ0v) is 12.3. The number of hydrogen-bond donors (Lipinski definition) is 0. The molecule has 0 bridgehead atoms. The van der Waals surface area contributed by atoms with Crippen molar-refractivity contribution in [3.8, 4) is 0 Å². The zero-order valence-electron chi connectivity index (χ0n) is 10.7. The van der Waals surface area contributed by atoms with Crippen molar-refractivity contribution in [1.29, 1.82) is 0 Å². The van der Waals surface area contributed by atoms with Crippen molar-refractivity contribution in [1.82, 2.24) is 0 Å². The normalized spacial score (nSPS) is 18.6. The van der Waals surface area contributed by atoms with Gasteiger partial charge in [-0.25, -0.2) is 8.78 Å². The highest BCUT2D eigenvalue weighted by Gasteiger charge is 2.43. The van der Waals surface area contributed by atoms with E-state index in [0.717, 1.165) is 12.1 Å². The van der Waals surface area contributed by atoms with Crippen LogP contribution in [-0.4, -0.2) is 17.7 Å². The number of esters is 2. The lowest BCUT2D eigenvalue weighted by molar-refractivity contribution is -0.239. The van der Waals surface area contributed by atoms with Crippen molar-refractivity contribution in [2.45, 2.75) is 26.1 Å². The van der Waals surface area contributed by atoms with Crippen molar-refractivity contribution in [3.63, 3.8) is 0 Å². The van der Waals surface area contributed by atoms with Gasteiger partial charge in [0.2, 0.25) is 0 Å². The third kappa shape index (κ3) is 2.98. The summed E-state index contributed by atoms with van der Waals surface area (Å²) < 4.78 is 36.8. The maximum absolute atomic E-state index is 13.8. The predicted molar refractivity (Wildman–Crippen MR) is 67.5 cm³/mol. The minimum absolute atomic E-state index is 0.0784. The van der Waals surface area contributed by atoms with E-state index in [9.17, 15) is 18.4 Å². The minimum Gasteiger partial charge on any atom is -0.422 e. The lowest BCUT2D eigenvalue weighted by Crippen LogP contribution is -2.47. The van der Waals surface area contributed by atoms with Crippen LogP contribution in [0, 0.1) is 17.6 Å². The molecule has 0 amide bonds. The highest BCUT2D eigenvalue weighted by molar-refractivity contribution is 9.10. The topological polar surface area (TPSA) is 52.6 Å². The Morgan fingerprint density at radius 2 is 1.75 bits per heavy atom. The Hall–Kier alpha value is -1.50. The van der Waals surface area contributed by atoms with Crippen molar-refractivity contribution in [2.75, 3.05) is 0 Å². The summed E-state index contributed by atoms with van der Waals surface area (Å²) in [5.74, 6) is -5.67. The summed E-state index contributed by atoms with van der Waals surface area (Å²) in [6, 6.07) is 1.89. The molecule has 7 heteroatoms. The first kappa shape index (κ1) is 14.9. The molecular formula is C13H11BrF2O4. The molecule has 0 aliphatic carbocycles. The summed E-state index contributed by atoms with van der Waals surface area (Å²) in [5, 5.41) is 0. The Kier molecular flexibility index (Phi) is 3.82. The van der Waals surface area contributed by atoms with Gasteiger partial charge in [0, 0.05) is 13.8 Å². The lowest BCUT2D eigenvalue weighted by atomic mass is 9.98. The average Bonchev–Trinajstić information content (AvgIpc) is 2.28. The van der Waals surface area contributed by atoms with E-state index < -0.39 is 35.3 Å². The molecule has 0 radical (unpaired) electrons. The molecule has 20 heavy (non-hydrogen) atoms. The second kappa shape index (κ2) is 5.12. The predicted octanol–water partition coefficient (Wildman–Crippen LogP) is 2.72. The zero-order chi connectivity index (χ0) is 15.1. The molecule has 0 saturated carbocycles. The number of benzene rings is 1. The third-order valence-electron chi connectivity index (χ3n) is 2.75. The van der Waals surface area contributed by atoms with Crippen LogP contribution >= 0.6 is 15.9 Å². The second-order valence-corrected chi connectivity index (χ2v) is 5.71. The third-order valence-corrected chi connectivity index (χ3v) is 3.33. The van der Waals surface area contributed by atoms with Gasteiger partial charge in [0.15, 0.2) is 5.92 Å². The van der Waals surface area contributed by atoms with E-state index in [2.05, 4.69) is 15.9 Å². The minimum atomic E-state index is -1.34. The Morgan fingerprint density at radius 1 is 1.20 bits per heavy atom. The van der Waals surface area contributed by atoms with E-state index in [1.165, 1.54) is 13.8 Å². The number of rotatable bonds is 2. The Balaban J connectivity index is 2.27. The highest BCUT2D eigenvalue weighted by atomic mass is 79.9. The standard InChI is InChI=1S/C13H11BrF2O4/c1-13(2)19-11(17)8(12(18)20-13)4-6-3-7(15)5-9(14)10(6)16/h3,5,8H,4H2,1-2H3. The summed E-state index contributed by atoms with van der Waals surface area (Å²) >= 11 is 2.86. The number of hydrogen-bond acceptors (Lipinski definition) is 4. The van der Waals surface area contributed by atoms with Gasteiger partial charge in [-0.15, -0.1) is 0 Å². The van der Waals surface area contributed by atoms with Gasteiger partial charge in [-0.1, -0.05) is 0 Å². The van der Waals surface area contributed by atoms with Crippen LogP contribution in [0.25, 0.3) is 0 Å². The van der Waals surface area contributed by atoms with Crippen LogP contribution in [0.5, 0.6) is 0 Å². The van der Waals surface area contributed by atoms with E-state index >= 15 is 0 Å². The van der Waals surface area contributed by atoms with E-state index in [1.807, 2.05) is 0 Å². The smallest absolute Gasteiger partial charge is 0.323 e. The van der Waals surface area contributed by atoms with Crippen LogP contribution in [0.4, 0.5) is 8.78 Å². The fraction of sp³-hybridized carbons (Fsp3) is 0.385. The van der Waals surface area contributed by atoms with E-state index in [1.54, 1.807) is 0 Å². The highest BCUT2D eigenvalue weighted by Crippen LogP contribution is 2.28. The first-order valence-corrected chi connectivity index (χ1v) is 6.58. The number of carbonyl (C=O) groups excluding carboxylic acids is 2. The maximum atomic E-state index is 13.8. The van der Waals surface area contributed by atoms with E-state index in [4.69, 9.17) is 9.47 Å². The molecule has 108 valence electrons. The number of ether oxygens (including phenoxy) is 2. The Morgan fingerprint density at radius 3 is 2.30 bits per heavy atom. The van der Waals surface area contributed by atoms with Crippen LogP contribution in [-0.2, 0) is 25.5 Å². The average molecular weight is 349 g/mol. The van der Waals surface area contributed by atoms with Gasteiger partial charge in [0.25, 0.3) is 5.79 Å². The van der Waals surface area contributed by atoms with Gasteiger partial charge in [-0.05, 0) is 40.0 Å². The largest absolute Gasteiger partial charge is 0.422 e. The molecule has 1 aliphatic rings. The molecule has 1 aliphatic heterocycles. The monoisotopic (exact) mass is 348 g/mol. The molecule has 2 rings (SSSR count). The van der Waals surface area contributed by atoms with Crippen molar-refractivity contribution in [2.24, 2.45) is 5.92 Å². The summed E-state index contributed by atoms with van der Waals surface area (Å²) in [6.07, 6.45) is -0.323. The van der Waals surface area contributed by atoms with Crippen LogP contribution in [0.2, 0.25) is 0 Å². The quantitative estimate of drug-likeness (QED) is 0.468. The molecule has 1 aromatic rings. The van der Waals surface area contributed by atoms with Gasteiger partial charge < -0.3 is 9.47 Å². The maximum Gasteiger partial charge on any atom is 0.323 e. The van der Waals surface area contributed by atoms with E-state index in [-0.39, 0.29) is 16.5 Å². The molecule has 0 atom stereocenters. The Bertz CT molecular complexity index is 566. The molecule has 0 aromatic heterocycles. The molecule has 1 aromatic carbocycles. The molecule has 1 fully saturated rings. The Labute approximate surface area is 122 Å². The van der Waals surface area contributed by atoms with Gasteiger partial charge in [0.05, 0.1) is 4.47 Å². The lowest BCUT2D eigenvalue weighted by Gasteiger charge is -2.32. The molecule has 1 heterocycles. The molecular weight excluding hydrogens is 338 g/mol. The molecule has 4 nitrogen and oxygen atoms in total. The number of cyclic esters (lactones) is 2. The van der Waals surface area contributed by atoms with Crippen LogP contribution in [0.15, 0.2) is 16.6 Å². The van der Waals surface area contributed by atoms with Crippen molar-refractivity contribution < 1.29 is 27.8 Å². The van der Waals surface area contributed by atoms with Gasteiger partial charge in [-0.3, -0.25) is 9.59 Å². The van der Waals surface area contributed by atoms with Crippen LogP contribution < -0.4 is 0 Å². The molecule has 0 unspecified atom stereocenters. The van der Waals surface area contributed by atoms with Gasteiger partial charge in [-0.2, -0.15) is 0 Å². The number of halogens is 3. The van der Waals surface area contributed by atoms with Gasteiger partial charge in [0.1, 0.15) is 11.6 Å². The van der Waals surface area contributed by atoms with Crippen molar-refractivity contribution in [3.05, 3.63) is 33.8 Å². The van der Waals surface area contributed by atoms with Gasteiger partial charge >= 0.3 is 11.9 Å². The molecule has 0 spiro atoms. The summed E-state index contributed by atoms with van der Waals surface area (Å²) in [5.41, 5.74) is -0.101. The van der Waals surface area contributed by atoms with Crippen LogP contribution in [0.1, 0.15) is 19.4 Å². The summed E-state index contributed by atoms with van der Waals surface area (Å²) in [4.78, 5) is 23.5. The summed E-state index contributed by atoms with van der Waals surface area (Å²) in [6.45, 7) is 2.83. The van der Waals surface area contributed by atoms with E-state index in [0.29, 0.717) is 0 Å². The molecule has 0 N–H and O–H groups in total.